The van der Waals surface area contributed by atoms with Crippen LogP contribution in [0.25, 0.3) is 0 Å². The number of hydrogen-bond donors (Lipinski definition) is 2. The van der Waals surface area contributed by atoms with Crippen LogP contribution < -0.4 is 11.1 Å². The van der Waals surface area contributed by atoms with E-state index in [0.717, 1.165) is 56.3 Å². The van der Waals surface area contributed by atoms with Crippen LogP contribution in [0.5, 0.6) is 0 Å². The number of carbonyl (C=O) groups excluding carboxylic acids is 1. The third-order valence-corrected chi connectivity index (χ3v) is 10.5. The summed E-state index contributed by atoms with van der Waals surface area (Å²) in [5.41, 5.74) is 8.09. The van der Waals surface area contributed by atoms with Gasteiger partial charge >= 0.3 is 0 Å². The monoisotopic (exact) mass is 396 g/mol. The highest BCUT2D eigenvalue weighted by Gasteiger charge is 2.97. The Morgan fingerprint density at radius 3 is 2.54 bits per heavy atom. The smallest absolute Gasteiger partial charge is 0.227 e. The second-order valence-corrected chi connectivity index (χ2v) is 11.3. The Hall–Kier alpha value is -1.00. The van der Waals surface area contributed by atoms with Crippen LogP contribution in [0.3, 0.4) is 0 Å². The summed E-state index contributed by atoms with van der Waals surface area (Å²) < 4.78 is 0. The molecule has 150 valence electrons. The zero-order valence-electron chi connectivity index (χ0n) is 16.8. The predicted octanol–water partition coefficient (Wildman–Crippen LogP) is 3.72. The van der Waals surface area contributed by atoms with E-state index >= 15 is 0 Å². The van der Waals surface area contributed by atoms with Crippen molar-refractivity contribution in [1.29, 1.82) is 0 Å². The van der Waals surface area contributed by atoms with Gasteiger partial charge in [-0.3, -0.25) is 4.79 Å². The molecule has 1 aromatic rings. The van der Waals surface area contributed by atoms with Gasteiger partial charge in [-0.15, -0.1) is 0 Å². The van der Waals surface area contributed by atoms with Crippen LogP contribution in [-0.4, -0.2) is 30.0 Å². The third-order valence-electron chi connectivity index (χ3n) is 9.75. The fraction of sp³-hybridized carbons (Fsp3) is 0.708. The van der Waals surface area contributed by atoms with Crippen molar-refractivity contribution in [2.45, 2.75) is 62.4 Å². The van der Waals surface area contributed by atoms with E-state index in [2.05, 4.69) is 41.9 Å². The predicted molar refractivity (Wildman–Crippen MR) is 114 cm³/mol. The molecule has 1 aromatic carbocycles. The minimum absolute atomic E-state index is 0.0646. The molecule has 6 atom stereocenters. The molecule has 3 N–H and O–H groups in total. The number of hydrogen-bond acceptors (Lipinski definition) is 3. The van der Waals surface area contributed by atoms with Gasteiger partial charge in [0.15, 0.2) is 0 Å². The Kier molecular flexibility index (Phi) is 3.68. The molecule has 6 unspecified atom stereocenters. The summed E-state index contributed by atoms with van der Waals surface area (Å²) in [5, 5.41) is 3.50. The molecule has 1 spiro atoms. The minimum atomic E-state index is -0.0646. The highest BCUT2D eigenvalue weighted by molar-refractivity contribution is 7.98. The molecule has 5 aliphatic carbocycles. The highest BCUT2D eigenvalue weighted by Crippen LogP contribution is 2.98. The Bertz CT molecular complexity index is 798. The molecular formula is C24H32N2OS. The molecule has 5 fully saturated rings. The lowest BCUT2D eigenvalue weighted by molar-refractivity contribution is -0.454. The maximum Gasteiger partial charge on any atom is 0.227 e. The van der Waals surface area contributed by atoms with E-state index in [9.17, 15) is 4.79 Å². The molecule has 3 nitrogen and oxygen atoms in total. The number of benzene rings is 1. The van der Waals surface area contributed by atoms with Crippen LogP contribution in [0.4, 0.5) is 0 Å². The van der Waals surface area contributed by atoms with E-state index in [1.54, 1.807) is 0 Å². The number of amides is 1. The van der Waals surface area contributed by atoms with Gasteiger partial charge in [0.05, 0.1) is 5.41 Å². The standard InChI is InChI=1S/C24H32N2OS/c1-28-13-18-19-11-22(15-5-3-2-4-6-15)14-23(12-20(18)24(19,22)23)21(27)26-17-9-7-16(25)8-10-17/h2-6,16-20H,7-14,25H2,1H3,(H,26,27). The van der Waals surface area contributed by atoms with Crippen molar-refractivity contribution < 1.29 is 4.79 Å². The van der Waals surface area contributed by atoms with E-state index in [1.807, 2.05) is 11.8 Å². The summed E-state index contributed by atoms with van der Waals surface area (Å²) in [6.07, 6.45) is 10.00. The van der Waals surface area contributed by atoms with Crippen LogP contribution in [0, 0.1) is 28.6 Å². The van der Waals surface area contributed by atoms with E-state index in [1.165, 1.54) is 17.7 Å². The first-order chi connectivity index (χ1) is 13.6. The van der Waals surface area contributed by atoms with Crippen LogP contribution in [0.2, 0.25) is 0 Å². The molecule has 5 aliphatic rings. The van der Waals surface area contributed by atoms with Crippen molar-refractivity contribution in [3.8, 4) is 0 Å². The van der Waals surface area contributed by atoms with Crippen LogP contribution in [0.1, 0.15) is 50.5 Å². The van der Waals surface area contributed by atoms with Gasteiger partial charge in [0.1, 0.15) is 0 Å². The number of carbonyl (C=O) groups is 1. The summed E-state index contributed by atoms with van der Waals surface area (Å²) in [6.45, 7) is 0. The first-order valence-corrected chi connectivity index (χ1v) is 12.6. The molecule has 28 heavy (non-hydrogen) atoms. The van der Waals surface area contributed by atoms with Crippen molar-refractivity contribution in [3.63, 3.8) is 0 Å². The summed E-state index contributed by atoms with van der Waals surface area (Å²) >= 11 is 2.00. The first kappa shape index (κ1) is 17.8. The van der Waals surface area contributed by atoms with Gasteiger partial charge < -0.3 is 11.1 Å². The number of nitrogens with one attached hydrogen (secondary N) is 1. The molecule has 0 aromatic heterocycles. The second-order valence-electron chi connectivity index (χ2n) is 10.4. The Morgan fingerprint density at radius 1 is 1.14 bits per heavy atom. The van der Waals surface area contributed by atoms with E-state index in [4.69, 9.17) is 5.73 Å². The van der Waals surface area contributed by atoms with Crippen LogP contribution in [-0.2, 0) is 10.2 Å². The number of rotatable bonds is 5. The molecule has 5 saturated carbocycles. The average molecular weight is 397 g/mol. The third kappa shape index (κ3) is 1.78. The van der Waals surface area contributed by atoms with E-state index in [0.29, 0.717) is 23.4 Å². The van der Waals surface area contributed by atoms with Gasteiger partial charge in [0.25, 0.3) is 0 Å². The summed E-state index contributed by atoms with van der Waals surface area (Å²) in [7, 11) is 0. The second kappa shape index (κ2) is 5.78. The lowest BCUT2D eigenvalue weighted by Gasteiger charge is -2.97. The molecule has 0 heterocycles. The summed E-state index contributed by atoms with van der Waals surface area (Å²) in [4.78, 5) is 13.6. The van der Waals surface area contributed by atoms with Gasteiger partial charge in [0.2, 0.25) is 5.91 Å². The average Bonchev–Trinajstić information content (AvgIpc) is 2.66. The molecular weight excluding hydrogens is 364 g/mol. The van der Waals surface area contributed by atoms with Gasteiger partial charge in [0, 0.05) is 22.9 Å². The number of thioether (sulfide) groups is 1. The largest absolute Gasteiger partial charge is 0.353 e. The van der Waals surface area contributed by atoms with E-state index < -0.39 is 0 Å². The zero-order chi connectivity index (χ0) is 19.1. The molecule has 6 rings (SSSR count). The zero-order valence-corrected chi connectivity index (χ0v) is 17.6. The van der Waals surface area contributed by atoms with Gasteiger partial charge in [-0.25, -0.2) is 0 Å². The van der Waals surface area contributed by atoms with Gasteiger partial charge in [-0.2, -0.15) is 11.8 Å². The van der Waals surface area contributed by atoms with Crippen molar-refractivity contribution >= 4 is 17.7 Å². The van der Waals surface area contributed by atoms with Gasteiger partial charge in [-0.05, 0) is 80.3 Å². The maximum atomic E-state index is 13.6. The van der Waals surface area contributed by atoms with Crippen molar-refractivity contribution in [2.75, 3.05) is 12.0 Å². The lowest BCUT2D eigenvalue weighted by Crippen LogP contribution is -2.96. The lowest BCUT2D eigenvalue weighted by atomic mass is 9.06. The summed E-state index contributed by atoms with van der Waals surface area (Å²) in [6, 6.07) is 11.8. The normalized spacial score (nSPS) is 50.0. The van der Waals surface area contributed by atoms with Crippen LogP contribution in [0.15, 0.2) is 30.3 Å². The fourth-order valence-corrected chi connectivity index (χ4v) is 9.72. The first-order valence-electron chi connectivity index (χ1n) is 11.2. The van der Waals surface area contributed by atoms with Crippen molar-refractivity contribution in [1.82, 2.24) is 5.32 Å². The molecule has 0 radical (unpaired) electrons. The molecule has 0 bridgehead atoms. The molecule has 1 amide bonds. The van der Waals surface area contributed by atoms with Gasteiger partial charge in [-0.1, -0.05) is 30.3 Å². The minimum Gasteiger partial charge on any atom is -0.353 e. The molecule has 0 saturated heterocycles. The maximum absolute atomic E-state index is 13.6. The molecule has 0 aliphatic heterocycles. The Labute approximate surface area is 172 Å². The Balaban J connectivity index is 1.28. The highest BCUT2D eigenvalue weighted by atomic mass is 32.2. The quantitative estimate of drug-likeness (QED) is 0.798. The number of nitrogens with two attached hydrogens (primary N) is 1. The topological polar surface area (TPSA) is 55.1 Å². The Morgan fingerprint density at radius 2 is 1.86 bits per heavy atom. The SMILES string of the molecule is CSCC1C2CC3(C(=O)NC4CCC(N)CC4)CC4(c5ccccc5)CC1C234. The summed E-state index contributed by atoms with van der Waals surface area (Å²) in [5.74, 6) is 4.07. The van der Waals surface area contributed by atoms with Crippen molar-refractivity contribution in [3.05, 3.63) is 35.9 Å². The van der Waals surface area contributed by atoms with Crippen LogP contribution >= 0.6 is 11.8 Å². The van der Waals surface area contributed by atoms with E-state index in [-0.39, 0.29) is 10.8 Å². The van der Waals surface area contributed by atoms with Crippen molar-refractivity contribution in [2.24, 2.45) is 34.3 Å². The fourth-order valence-electron chi connectivity index (χ4n) is 8.87. The molecule has 4 heteroatoms.